The van der Waals surface area contributed by atoms with Crippen molar-refractivity contribution >= 4 is 6.03 Å². The monoisotopic (exact) mass is 280 g/mol. The Kier molecular flexibility index (Phi) is 4.60. The third-order valence-corrected chi connectivity index (χ3v) is 3.85. The van der Waals surface area contributed by atoms with Crippen molar-refractivity contribution in [1.82, 2.24) is 10.2 Å². The van der Waals surface area contributed by atoms with Gasteiger partial charge in [-0.3, -0.25) is 0 Å². The Morgan fingerprint density at radius 2 is 2.05 bits per heavy atom. The van der Waals surface area contributed by atoms with Gasteiger partial charge in [0.15, 0.2) is 0 Å². The predicted molar refractivity (Wildman–Crippen MR) is 74.7 cm³/mol. The van der Waals surface area contributed by atoms with Gasteiger partial charge >= 0.3 is 6.03 Å². The summed E-state index contributed by atoms with van der Waals surface area (Å²) in [6.07, 6.45) is 2.14. The first-order valence-corrected chi connectivity index (χ1v) is 6.92. The zero-order valence-electron chi connectivity index (χ0n) is 11.8. The average molecular weight is 280 g/mol. The number of likely N-dealkylation sites (N-methyl/N-ethyl adjacent to an activating group) is 1. The maximum Gasteiger partial charge on any atom is 0.317 e. The molecule has 0 bridgehead atoms. The van der Waals surface area contributed by atoms with E-state index < -0.39 is 0 Å². The minimum atomic E-state index is -0.277. The fourth-order valence-electron chi connectivity index (χ4n) is 2.13. The predicted octanol–water partition coefficient (Wildman–Crippen LogP) is 2.30. The Balaban J connectivity index is 2.06. The van der Waals surface area contributed by atoms with Crippen LogP contribution >= 0.6 is 0 Å². The van der Waals surface area contributed by atoms with Crippen molar-refractivity contribution in [3.63, 3.8) is 0 Å². The first kappa shape index (κ1) is 14.8. The summed E-state index contributed by atoms with van der Waals surface area (Å²) in [5, 5.41) is 12.1. The molecule has 110 valence electrons. The van der Waals surface area contributed by atoms with Crippen LogP contribution in [0.1, 0.15) is 31.4 Å². The smallest absolute Gasteiger partial charge is 0.317 e. The number of hydrogen-bond acceptors (Lipinski definition) is 2. The maximum absolute atomic E-state index is 13.0. The minimum absolute atomic E-state index is 0.0748. The Morgan fingerprint density at radius 1 is 1.45 bits per heavy atom. The lowest BCUT2D eigenvalue weighted by Gasteiger charge is -2.27. The topological polar surface area (TPSA) is 52.6 Å². The Morgan fingerprint density at radius 3 is 2.55 bits per heavy atom. The molecular formula is C15H21FN2O2. The number of nitrogens with one attached hydrogen (secondary N) is 1. The molecule has 0 spiro atoms. The molecule has 1 aromatic carbocycles. The van der Waals surface area contributed by atoms with Crippen LogP contribution in [0.2, 0.25) is 0 Å². The van der Waals surface area contributed by atoms with E-state index in [-0.39, 0.29) is 30.5 Å². The molecule has 0 aliphatic heterocycles. The number of halogens is 1. The molecule has 1 aliphatic carbocycles. The number of carbonyl (C=O) groups excluding carboxylic acids is 1. The molecule has 1 saturated carbocycles. The zero-order chi connectivity index (χ0) is 14.7. The van der Waals surface area contributed by atoms with Gasteiger partial charge in [0.05, 0.1) is 18.7 Å². The summed E-state index contributed by atoms with van der Waals surface area (Å²) in [4.78, 5) is 13.6. The van der Waals surface area contributed by atoms with Crippen molar-refractivity contribution in [3.8, 4) is 0 Å². The van der Waals surface area contributed by atoms with Crippen LogP contribution < -0.4 is 5.32 Å². The summed E-state index contributed by atoms with van der Waals surface area (Å²) in [7, 11) is 1.66. The SMILES string of the molecule is CC(CO)N(C)C(=O)NC(c1ccc(F)cc1)C1CC1. The van der Waals surface area contributed by atoms with Crippen molar-refractivity contribution in [2.75, 3.05) is 13.7 Å². The van der Waals surface area contributed by atoms with Crippen LogP contribution in [-0.2, 0) is 0 Å². The first-order valence-electron chi connectivity index (χ1n) is 6.92. The van der Waals surface area contributed by atoms with Gasteiger partial charge in [0, 0.05) is 7.05 Å². The van der Waals surface area contributed by atoms with Gasteiger partial charge in [-0.15, -0.1) is 0 Å². The lowest BCUT2D eigenvalue weighted by atomic mass is 10.0. The second kappa shape index (κ2) is 6.22. The number of benzene rings is 1. The van der Waals surface area contributed by atoms with Gasteiger partial charge in [0.25, 0.3) is 0 Å². The summed E-state index contributed by atoms with van der Waals surface area (Å²) < 4.78 is 13.0. The van der Waals surface area contributed by atoms with Gasteiger partial charge in [-0.05, 0) is 43.4 Å². The van der Waals surface area contributed by atoms with Crippen molar-refractivity contribution < 1.29 is 14.3 Å². The fourth-order valence-corrected chi connectivity index (χ4v) is 2.13. The molecule has 20 heavy (non-hydrogen) atoms. The molecule has 0 aromatic heterocycles. The first-order chi connectivity index (χ1) is 9.52. The molecule has 4 nitrogen and oxygen atoms in total. The van der Waals surface area contributed by atoms with E-state index in [4.69, 9.17) is 5.11 Å². The molecule has 0 heterocycles. The van der Waals surface area contributed by atoms with Crippen LogP contribution in [0.25, 0.3) is 0 Å². The number of hydrogen-bond donors (Lipinski definition) is 2. The van der Waals surface area contributed by atoms with Gasteiger partial charge in [0.1, 0.15) is 5.82 Å². The van der Waals surface area contributed by atoms with Gasteiger partial charge in [-0.2, -0.15) is 0 Å². The van der Waals surface area contributed by atoms with Crippen molar-refractivity contribution in [2.24, 2.45) is 5.92 Å². The van der Waals surface area contributed by atoms with E-state index in [1.807, 2.05) is 0 Å². The van der Waals surface area contributed by atoms with E-state index in [9.17, 15) is 9.18 Å². The second-order valence-electron chi connectivity index (χ2n) is 5.46. The van der Waals surface area contributed by atoms with Crippen molar-refractivity contribution in [2.45, 2.75) is 31.8 Å². The normalized spacial score (nSPS) is 17.4. The van der Waals surface area contributed by atoms with E-state index in [0.29, 0.717) is 5.92 Å². The van der Waals surface area contributed by atoms with Gasteiger partial charge in [0.2, 0.25) is 0 Å². The number of carbonyl (C=O) groups is 1. The Labute approximate surface area is 118 Å². The number of amides is 2. The van der Waals surface area contributed by atoms with E-state index >= 15 is 0 Å². The lowest BCUT2D eigenvalue weighted by molar-refractivity contribution is 0.154. The van der Waals surface area contributed by atoms with E-state index in [0.717, 1.165) is 18.4 Å². The molecule has 1 aliphatic rings. The molecule has 1 aromatic rings. The molecule has 5 heteroatoms. The van der Waals surface area contributed by atoms with Crippen LogP contribution in [0.4, 0.5) is 9.18 Å². The van der Waals surface area contributed by atoms with Crippen LogP contribution in [0.3, 0.4) is 0 Å². The summed E-state index contributed by atoms with van der Waals surface area (Å²) in [6, 6.07) is 5.73. The molecule has 0 radical (unpaired) electrons. The van der Waals surface area contributed by atoms with Gasteiger partial charge in [-0.1, -0.05) is 12.1 Å². The molecule has 2 unspecified atom stereocenters. The molecule has 2 N–H and O–H groups in total. The Bertz CT molecular complexity index is 459. The van der Waals surface area contributed by atoms with Gasteiger partial charge in [-0.25, -0.2) is 9.18 Å². The summed E-state index contributed by atoms with van der Waals surface area (Å²) in [5.41, 5.74) is 0.923. The largest absolute Gasteiger partial charge is 0.394 e. The van der Waals surface area contributed by atoms with E-state index in [1.54, 1.807) is 26.1 Å². The minimum Gasteiger partial charge on any atom is -0.394 e. The number of urea groups is 1. The average Bonchev–Trinajstić information content (AvgIpc) is 3.28. The van der Waals surface area contributed by atoms with Crippen molar-refractivity contribution in [1.29, 1.82) is 0 Å². The van der Waals surface area contributed by atoms with Crippen LogP contribution in [-0.4, -0.2) is 35.7 Å². The highest BCUT2D eigenvalue weighted by atomic mass is 19.1. The van der Waals surface area contributed by atoms with Crippen LogP contribution in [0.15, 0.2) is 24.3 Å². The number of rotatable bonds is 5. The molecule has 2 rings (SSSR count). The molecule has 1 fully saturated rings. The molecule has 0 saturated heterocycles. The standard InChI is InChI=1S/C15H21FN2O2/c1-10(9-19)18(2)15(20)17-14(11-3-4-11)12-5-7-13(16)8-6-12/h5-8,10-11,14,19H,3-4,9H2,1-2H3,(H,17,20). The van der Waals surface area contributed by atoms with Crippen LogP contribution in [0.5, 0.6) is 0 Å². The van der Waals surface area contributed by atoms with E-state index in [1.165, 1.54) is 17.0 Å². The highest BCUT2D eigenvalue weighted by Gasteiger charge is 2.34. The lowest BCUT2D eigenvalue weighted by Crippen LogP contribution is -2.45. The third kappa shape index (κ3) is 3.48. The maximum atomic E-state index is 13.0. The molecular weight excluding hydrogens is 259 g/mol. The van der Waals surface area contributed by atoms with Crippen molar-refractivity contribution in [3.05, 3.63) is 35.6 Å². The number of aliphatic hydroxyl groups excluding tert-OH is 1. The molecule has 2 atom stereocenters. The zero-order valence-corrected chi connectivity index (χ0v) is 11.8. The van der Waals surface area contributed by atoms with Gasteiger partial charge < -0.3 is 15.3 Å². The van der Waals surface area contributed by atoms with Crippen LogP contribution in [0, 0.1) is 11.7 Å². The quantitative estimate of drug-likeness (QED) is 0.869. The summed E-state index contributed by atoms with van der Waals surface area (Å²) >= 11 is 0. The highest BCUT2D eigenvalue weighted by molar-refractivity contribution is 5.74. The fraction of sp³-hybridized carbons (Fsp3) is 0.533. The third-order valence-electron chi connectivity index (χ3n) is 3.85. The summed E-state index contributed by atoms with van der Waals surface area (Å²) in [6.45, 7) is 1.71. The van der Waals surface area contributed by atoms with E-state index in [2.05, 4.69) is 5.32 Å². The number of nitrogens with zero attached hydrogens (tertiary/aromatic N) is 1. The Hall–Kier alpha value is -1.62. The summed E-state index contributed by atoms with van der Waals surface area (Å²) in [5.74, 6) is 0.142. The highest BCUT2D eigenvalue weighted by Crippen LogP contribution is 2.41. The number of aliphatic hydroxyl groups is 1. The molecule has 2 amide bonds. The second-order valence-corrected chi connectivity index (χ2v) is 5.46.